The van der Waals surface area contributed by atoms with Gasteiger partial charge < -0.3 is 11.1 Å². The van der Waals surface area contributed by atoms with Gasteiger partial charge in [-0.2, -0.15) is 9.61 Å². The molecule has 1 fully saturated rings. The second-order valence-corrected chi connectivity index (χ2v) is 7.47. The highest BCUT2D eigenvalue weighted by Gasteiger charge is 2.25. The van der Waals surface area contributed by atoms with Gasteiger partial charge >= 0.3 is 0 Å². The van der Waals surface area contributed by atoms with E-state index >= 15 is 0 Å². The molecule has 3 N–H and O–H groups in total. The van der Waals surface area contributed by atoms with Crippen LogP contribution in [0.25, 0.3) is 16.9 Å². The molecule has 0 radical (unpaired) electrons. The lowest BCUT2D eigenvalue weighted by Crippen LogP contribution is -2.33. The summed E-state index contributed by atoms with van der Waals surface area (Å²) in [7, 11) is 0. The van der Waals surface area contributed by atoms with Gasteiger partial charge in [-0.05, 0) is 37.8 Å². The zero-order chi connectivity index (χ0) is 19.1. The maximum Gasteiger partial charge on any atom is 0.180 e. The molecule has 2 aromatic heterocycles. The lowest BCUT2D eigenvalue weighted by atomic mass is 9.91. The zero-order valence-corrected chi connectivity index (χ0v) is 15.7. The number of hydrogen-bond acceptors (Lipinski definition) is 4. The molecule has 2 heterocycles. The molecular formula is C18H17Cl2F2N5. The molecule has 1 saturated carbocycles. The summed E-state index contributed by atoms with van der Waals surface area (Å²) >= 11 is 12.7. The largest absolute Gasteiger partial charge is 0.378 e. The van der Waals surface area contributed by atoms with Gasteiger partial charge in [-0.1, -0.05) is 29.3 Å². The van der Waals surface area contributed by atoms with Crippen LogP contribution < -0.4 is 11.1 Å². The number of rotatable bonds is 3. The van der Waals surface area contributed by atoms with E-state index in [9.17, 15) is 8.78 Å². The molecule has 9 heteroatoms. The van der Waals surface area contributed by atoms with Crippen molar-refractivity contribution in [2.75, 3.05) is 5.32 Å². The number of aromatic nitrogens is 3. The Morgan fingerprint density at radius 3 is 2.44 bits per heavy atom. The molecule has 0 aliphatic heterocycles. The predicted molar refractivity (Wildman–Crippen MR) is 102 cm³/mol. The first-order valence-corrected chi connectivity index (χ1v) is 9.40. The molecule has 0 saturated heterocycles. The molecule has 1 aliphatic carbocycles. The average molecular weight is 412 g/mol. The molecule has 0 unspecified atom stereocenters. The lowest BCUT2D eigenvalue weighted by molar-refractivity contribution is 0.411. The van der Waals surface area contributed by atoms with E-state index in [4.69, 9.17) is 28.9 Å². The SMILES string of the molecule is NC1CCC(Nc2c(Cl)c(-c3c(F)cccc3F)nn3c(Cl)cnc23)CC1. The summed E-state index contributed by atoms with van der Waals surface area (Å²) in [4.78, 5) is 4.25. The van der Waals surface area contributed by atoms with Crippen LogP contribution in [-0.2, 0) is 0 Å². The highest BCUT2D eigenvalue weighted by Crippen LogP contribution is 2.38. The van der Waals surface area contributed by atoms with E-state index in [2.05, 4.69) is 15.4 Å². The van der Waals surface area contributed by atoms with Crippen LogP contribution in [0.2, 0.25) is 10.2 Å². The molecular weight excluding hydrogens is 395 g/mol. The van der Waals surface area contributed by atoms with Gasteiger partial charge in [0.25, 0.3) is 0 Å². The first-order chi connectivity index (χ1) is 13.0. The van der Waals surface area contributed by atoms with Crippen LogP contribution in [0.15, 0.2) is 24.4 Å². The highest BCUT2D eigenvalue weighted by molar-refractivity contribution is 6.36. The Morgan fingerprint density at radius 2 is 1.78 bits per heavy atom. The van der Waals surface area contributed by atoms with Crippen molar-refractivity contribution in [3.8, 4) is 11.3 Å². The maximum atomic E-state index is 14.3. The Balaban J connectivity index is 1.86. The summed E-state index contributed by atoms with van der Waals surface area (Å²) in [5.41, 5.74) is 6.49. The third-order valence-electron chi connectivity index (χ3n) is 4.87. The highest BCUT2D eigenvalue weighted by atomic mass is 35.5. The first-order valence-electron chi connectivity index (χ1n) is 8.65. The average Bonchev–Trinajstić information content (AvgIpc) is 3.00. The van der Waals surface area contributed by atoms with E-state index in [-0.39, 0.29) is 33.5 Å². The summed E-state index contributed by atoms with van der Waals surface area (Å²) in [6.07, 6.45) is 4.93. The monoisotopic (exact) mass is 411 g/mol. The minimum absolute atomic E-state index is 0.0327. The lowest BCUT2D eigenvalue weighted by Gasteiger charge is -2.28. The quantitative estimate of drug-likeness (QED) is 0.657. The Morgan fingerprint density at radius 1 is 1.11 bits per heavy atom. The molecule has 27 heavy (non-hydrogen) atoms. The number of imidazole rings is 1. The fourth-order valence-corrected chi connectivity index (χ4v) is 3.87. The molecule has 0 spiro atoms. The van der Waals surface area contributed by atoms with Gasteiger partial charge in [-0.3, -0.25) is 0 Å². The number of nitrogens with zero attached hydrogens (tertiary/aromatic N) is 3. The number of halogens is 4. The number of nitrogens with two attached hydrogens (primary N) is 1. The molecule has 1 aromatic carbocycles. The van der Waals surface area contributed by atoms with E-state index in [1.807, 2.05) is 0 Å². The van der Waals surface area contributed by atoms with Crippen LogP contribution in [0, 0.1) is 11.6 Å². The summed E-state index contributed by atoms with van der Waals surface area (Å²) in [5.74, 6) is -1.51. The van der Waals surface area contributed by atoms with Gasteiger partial charge in [0.2, 0.25) is 0 Å². The van der Waals surface area contributed by atoms with Gasteiger partial charge in [0, 0.05) is 12.1 Å². The normalized spacial score (nSPS) is 20.2. The van der Waals surface area contributed by atoms with Gasteiger partial charge in [-0.15, -0.1) is 0 Å². The summed E-state index contributed by atoms with van der Waals surface area (Å²) in [5, 5.41) is 7.92. The van der Waals surface area contributed by atoms with Gasteiger partial charge in [0.1, 0.15) is 23.0 Å². The van der Waals surface area contributed by atoms with Crippen LogP contribution in [0.4, 0.5) is 14.5 Å². The van der Waals surface area contributed by atoms with Crippen molar-refractivity contribution in [1.82, 2.24) is 14.6 Å². The van der Waals surface area contributed by atoms with E-state index in [0.717, 1.165) is 37.8 Å². The van der Waals surface area contributed by atoms with Crippen LogP contribution in [0.5, 0.6) is 0 Å². The summed E-state index contributed by atoms with van der Waals surface area (Å²) in [6, 6.07) is 3.93. The number of fused-ring (bicyclic) bond motifs is 1. The van der Waals surface area contributed by atoms with Crippen molar-refractivity contribution in [2.24, 2.45) is 5.73 Å². The number of benzene rings is 1. The van der Waals surface area contributed by atoms with Gasteiger partial charge in [0.05, 0.1) is 16.8 Å². The summed E-state index contributed by atoms with van der Waals surface area (Å²) < 4.78 is 30.0. The van der Waals surface area contributed by atoms with E-state index < -0.39 is 11.6 Å². The minimum atomic E-state index is -0.755. The zero-order valence-electron chi connectivity index (χ0n) is 14.2. The van der Waals surface area contributed by atoms with Crippen molar-refractivity contribution in [1.29, 1.82) is 0 Å². The Bertz CT molecular complexity index is 979. The topological polar surface area (TPSA) is 68.2 Å². The Labute approximate surface area is 164 Å². The smallest absolute Gasteiger partial charge is 0.180 e. The molecule has 5 nitrogen and oxygen atoms in total. The van der Waals surface area contributed by atoms with Crippen molar-refractivity contribution in [3.05, 3.63) is 46.2 Å². The fourth-order valence-electron chi connectivity index (χ4n) is 3.43. The standard InChI is InChI=1S/C18H17Cl2F2N5/c19-13-8-24-18-17(25-10-6-4-9(23)5-7-10)15(20)16(26-27(13)18)14-11(21)2-1-3-12(14)22/h1-3,8-10,25H,4-7,23H2. The van der Waals surface area contributed by atoms with Crippen LogP contribution >= 0.6 is 23.2 Å². The summed E-state index contributed by atoms with van der Waals surface area (Å²) in [6.45, 7) is 0. The van der Waals surface area contributed by atoms with E-state index in [1.54, 1.807) is 0 Å². The molecule has 1 aliphatic rings. The van der Waals surface area contributed by atoms with Crippen molar-refractivity contribution < 1.29 is 8.78 Å². The fraction of sp³-hybridized carbons (Fsp3) is 0.333. The molecule has 4 rings (SSSR count). The van der Waals surface area contributed by atoms with Crippen LogP contribution in [0.3, 0.4) is 0 Å². The van der Waals surface area contributed by atoms with Crippen molar-refractivity contribution in [2.45, 2.75) is 37.8 Å². The Hall–Kier alpha value is -1.96. The molecule has 142 valence electrons. The van der Waals surface area contributed by atoms with E-state index in [1.165, 1.54) is 16.8 Å². The predicted octanol–water partition coefficient (Wildman–Crippen LogP) is 4.66. The number of anilines is 1. The van der Waals surface area contributed by atoms with Gasteiger partial charge in [0.15, 0.2) is 10.8 Å². The van der Waals surface area contributed by atoms with Crippen molar-refractivity contribution in [3.63, 3.8) is 0 Å². The molecule has 0 bridgehead atoms. The third kappa shape index (κ3) is 3.35. The second kappa shape index (κ2) is 7.22. The first kappa shape index (κ1) is 18.4. The van der Waals surface area contributed by atoms with Crippen LogP contribution in [0.1, 0.15) is 25.7 Å². The number of hydrogen-bond donors (Lipinski definition) is 2. The minimum Gasteiger partial charge on any atom is -0.378 e. The number of nitrogens with one attached hydrogen (secondary N) is 1. The van der Waals surface area contributed by atoms with Gasteiger partial charge in [-0.25, -0.2) is 13.8 Å². The maximum absolute atomic E-state index is 14.3. The van der Waals surface area contributed by atoms with Crippen molar-refractivity contribution >= 4 is 34.5 Å². The third-order valence-corrected chi connectivity index (χ3v) is 5.49. The second-order valence-electron chi connectivity index (χ2n) is 6.71. The Kier molecular flexibility index (Phi) is 4.92. The van der Waals surface area contributed by atoms with Crippen LogP contribution in [-0.4, -0.2) is 26.7 Å². The van der Waals surface area contributed by atoms with E-state index in [0.29, 0.717) is 11.3 Å². The molecule has 0 atom stereocenters. The molecule has 3 aromatic rings. The molecule has 0 amide bonds.